The number of carboxylic acids is 1. The Morgan fingerprint density at radius 1 is 0.820 bits per heavy atom. The molecule has 11 nitrogen and oxygen atoms in total. The number of ether oxygens (including phenoxy) is 3. The number of methoxy groups -OCH3 is 3. The first-order valence-corrected chi connectivity index (χ1v) is 17.5. The normalized spacial score (nSPS) is 22.2. The number of benzene rings is 3. The molecule has 0 aliphatic carbocycles. The van der Waals surface area contributed by atoms with Crippen LogP contribution in [-0.4, -0.2) is 104 Å². The smallest absolute Gasteiger partial charge is 0.322 e. The lowest BCUT2D eigenvalue weighted by Gasteiger charge is -2.43. The molecule has 6 rings (SSSR count). The van der Waals surface area contributed by atoms with E-state index < -0.39 is 17.4 Å². The molecule has 0 spiro atoms. The number of hydrazine groups is 1. The van der Waals surface area contributed by atoms with Crippen LogP contribution in [0, 0.1) is 0 Å². The average Bonchev–Trinajstić information content (AvgIpc) is 3.82. The predicted molar refractivity (Wildman–Crippen MR) is 189 cm³/mol. The summed E-state index contributed by atoms with van der Waals surface area (Å²) in [5.41, 5.74) is 4.70. The molecular weight excluding hydrogens is 636 g/mol. The molecule has 3 aliphatic rings. The molecule has 2 amide bonds. The summed E-state index contributed by atoms with van der Waals surface area (Å²) in [5.74, 6) is 0.208. The predicted octanol–water partition coefficient (Wildman–Crippen LogP) is 4.50. The Kier molecular flexibility index (Phi) is 10.6. The number of hydrogen-bond acceptors (Lipinski definition) is 8. The van der Waals surface area contributed by atoms with Crippen LogP contribution < -0.4 is 19.6 Å². The lowest BCUT2D eigenvalue weighted by Crippen LogP contribution is -2.57. The Bertz CT molecular complexity index is 1640. The van der Waals surface area contributed by atoms with Gasteiger partial charge in [-0.05, 0) is 81.4 Å². The molecule has 266 valence electrons. The second kappa shape index (κ2) is 15.1. The Hall–Kier alpha value is -4.61. The van der Waals surface area contributed by atoms with Gasteiger partial charge in [-0.25, -0.2) is 5.01 Å². The third kappa shape index (κ3) is 6.89. The van der Waals surface area contributed by atoms with Gasteiger partial charge in [0.1, 0.15) is 6.04 Å². The molecule has 3 aromatic carbocycles. The molecule has 0 bridgehead atoms. The molecule has 3 saturated heterocycles. The third-order valence-electron chi connectivity index (χ3n) is 11.1. The van der Waals surface area contributed by atoms with Crippen LogP contribution in [0.1, 0.15) is 60.0 Å². The van der Waals surface area contributed by atoms with Gasteiger partial charge < -0.3 is 29.1 Å². The summed E-state index contributed by atoms with van der Waals surface area (Å²) in [4.78, 5) is 44.2. The highest BCUT2D eigenvalue weighted by molar-refractivity contribution is 5.96. The molecule has 2 unspecified atom stereocenters. The summed E-state index contributed by atoms with van der Waals surface area (Å²) < 4.78 is 16.5. The first-order chi connectivity index (χ1) is 24.2. The van der Waals surface area contributed by atoms with E-state index in [0.29, 0.717) is 61.7 Å². The maximum absolute atomic E-state index is 14.1. The number of carbonyl (C=O) groups excluding carboxylic acids is 2. The molecule has 2 atom stereocenters. The highest BCUT2D eigenvalue weighted by atomic mass is 16.5. The van der Waals surface area contributed by atoms with Gasteiger partial charge in [0.15, 0.2) is 11.5 Å². The summed E-state index contributed by atoms with van der Waals surface area (Å²) in [6, 6.07) is 23.1. The van der Waals surface area contributed by atoms with Gasteiger partial charge in [0, 0.05) is 30.6 Å². The number of aliphatic carboxylic acids is 1. The van der Waals surface area contributed by atoms with Crippen molar-refractivity contribution in [1.29, 1.82) is 0 Å². The van der Waals surface area contributed by atoms with E-state index in [4.69, 9.17) is 14.2 Å². The van der Waals surface area contributed by atoms with E-state index in [1.54, 1.807) is 38.5 Å². The Morgan fingerprint density at radius 2 is 1.44 bits per heavy atom. The SMILES string of the molecule is COc1cc(C(=O)N2CCC(CCN3CCC(C(=O)NN4CCCC4C(=O)O)(c4ccccc4)CC3)(c3ccccc3)C2)cc(OC)c1OC. The monoisotopic (exact) mass is 684 g/mol. The van der Waals surface area contributed by atoms with Crippen LogP contribution in [0.2, 0.25) is 0 Å². The Morgan fingerprint density at radius 3 is 2.02 bits per heavy atom. The second-order valence-electron chi connectivity index (χ2n) is 13.7. The lowest BCUT2D eigenvalue weighted by atomic mass is 9.71. The van der Waals surface area contributed by atoms with Crippen LogP contribution in [0.15, 0.2) is 72.8 Å². The molecule has 3 fully saturated rings. The van der Waals surface area contributed by atoms with Gasteiger partial charge in [0.2, 0.25) is 11.7 Å². The molecule has 0 radical (unpaired) electrons. The summed E-state index contributed by atoms with van der Waals surface area (Å²) >= 11 is 0. The van der Waals surface area contributed by atoms with Crippen molar-refractivity contribution in [2.75, 3.05) is 60.6 Å². The van der Waals surface area contributed by atoms with E-state index in [0.717, 1.165) is 44.5 Å². The molecule has 11 heteroatoms. The fourth-order valence-electron chi connectivity index (χ4n) is 8.14. The van der Waals surface area contributed by atoms with Crippen LogP contribution in [0.5, 0.6) is 17.2 Å². The molecular formula is C39H48N4O7. The number of nitrogens with one attached hydrogen (secondary N) is 1. The van der Waals surface area contributed by atoms with Gasteiger partial charge in [0.05, 0.1) is 26.7 Å². The molecule has 2 N–H and O–H groups in total. The summed E-state index contributed by atoms with van der Waals surface area (Å²) in [5, 5.41) is 11.3. The first kappa shape index (κ1) is 35.2. The van der Waals surface area contributed by atoms with Crippen LogP contribution in [0.4, 0.5) is 0 Å². The van der Waals surface area contributed by atoms with Gasteiger partial charge in [-0.3, -0.25) is 19.8 Å². The van der Waals surface area contributed by atoms with Crippen LogP contribution in [0.25, 0.3) is 0 Å². The second-order valence-corrected chi connectivity index (χ2v) is 13.7. The van der Waals surface area contributed by atoms with Crippen molar-refractivity contribution in [3.8, 4) is 17.2 Å². The molecule has 50 heavy (non-hydrogen) atoms. The highest BCUT2D eigenvalue weighted by Crippen LogP contribution is 2.42. The number of hydrogen-bond donors (Lipinski definition) is 2. The minimum atomic E-state index is -0.908. The van der Waals surface area contributed by atoms with E-state index in [9.17, 15) is 19.5 Å². The Balaban J connectivity index is 1.17. The quantitative estimate of drug-likeness (QED) is 0.284. The summed E-state index contributed by atoms with van der Waals surface area (Å²) in [6.07, 6.45) is 4.19. The third-order valence-corrected chi connectivity index (χ3v) is 11.1. The number of rotatable bonds is 12. The van der Waals surface area contributed by atoms with E-state index in [1.807, 2.05) is 41.3 Å². The molecule has 0 aromatic heterocycles. The molecule has 3 aromatic rings. The minimum Gasteiger partial charge on any atom is -0.493 e. The van der Waals surface area contributed by atoms with Crippen LogP contribution in [-0.2, 0) is 20.4 Å². The average molecular weight is 685 g/mol. The standard InChI is InChI=1S/C39H48N4O7/c1-48-32-25-28(26-33(49-2)34(32)50-3)35(44)42-24-17-38(27-42,29-11-6-4-7-12-29)16-21-41-22-18-39(19-23-41,30-13-8-5-9-14-30)37(47)40-43-20-10-15-31(43)36(45)46/h4-9,11-14,25-26,31H,10,15-24,27H2,1-3H3,(H,40,47)(H,45,46). The number of carboxylic acid groups (broad SMARTS) is 1. The maximum atomic E-state index is 14.1. The van der Waals surface area contributed by atoms with Gasteiger partial charge >= 0.3 is 5.97 Å². The number of piperidine rings is 1. The molecule has 3 aliphatic heterocycles. The van der Waals surface area contributed by atoms with E-state index in [1.165, 1.54) is 5.56 Å². The number of likely N-dealkylation sites (tertiary alicyclic amines) is 2. The van der Waals surface area contributed by atoms with E-state index in [-0.39, 0.29) is 17.2 Å². The largest absolute Gasteiger partial charge is 0.493 e. The zero-order valence-electron chi connectivity index (χ0n) is 29.2. The van der Waals surface area contributed by atoms with Crippen molar-refractivity contribution in [3.05, 3.63) is 89.5 Å². The van der Waals surface area contributed by atoms with Crippen LogP contribution in [0.3, 0.4) is 0 Å². The number of carbonyl (C=O) groups is 3. The van der Waals surface area contributed by atoms with E-state index in [2.05, 4.69) is 34.6 Å². The van der Waals surface area contributed by atoms with Crippen molar-refractivity contribution in [2.45, 2.75) is 55.4 Å². The van der Waals surface area contributed by atoms with Gasteiger partial charge in [0.25, 0.3) is 5.91 Å². The minimum absolute atomic E-state index is 0.0816. The number of amides is 2. The lowest BCUT2D eigenvalue weighted by molar-refractivity contribution is -0.145. The molecule has 3 heterocycles. The van der Waals surface area contributed by atoms with Crippen molar-refractivity contribution in [1.82, 2.24) is 20.2 Å². The topological polar surface area (TPSA) is 121 Å². The first-order valence-electron chi connectivity index (χ1n) is 17.5. The van der Waals surface area contributed by atoms with Crippen molar-refractivity contribution < 1.29 is 33.7 Å². The zero-order valence-corrected chi connectivity index (χ0v) is 29.2. The van der Waals surface area contributed by atoms with Gasteiger partial charge in [-0.2, -0.15) is 0 Å². The maximum Gasteiger partial charge on any atom is 0.322 e. The fourth-order valence-corrected chi connectivity index (χ4v) is 8.14. The summed E-state index contributed by atoms with van der Waals surface area (Å²) in [6.45, 7) is 4.00. The van der Waals surface area contributed by atoms with Crippen molar-refractivity contribution >= 4 is 17.8 Å². The van der Waals surface area contributed by atoms with E-state index >= 15 is 0 Å². The van der Waals surface area contributed by atoms with Crippen LogP contribution >= 0.6 is 0 Å². The van der Waals surface area contributed by atoms with Gasteiger partial charge in [-0.1, -0.05) is 60.7 Å². The van der Waals surface area contributed by atoms with Crippen molar-refractivity contribution in [3.63, 3.8) is 0 Å². The van der Waals surface area contributed by atoms with Crippen molar-refractivity contribution in [2.24, 2.45) is 0 Å². The zero-order chi connectivity index (χ0) is 35.3. The Labute approximate surface area is 294 Å². The fraction of sp³-hybridized carbons (Fsp3) is 0.462. The number of nitrogens with zero attached hydrogens (tertiary/aromatic N) is 3. The summed E-state index contributed by atoms with van der Waals surface area (Å²) in [7, 11) is 4.63. The van der Waals surface area contributed by atoms with Gasteiger partial charge in [-0.15, -0.1) is 0 Å². The highest BCUT2D eigenvalue weighted by Gasteiger charge is 2.46. The molecule has 0 saturated carbocycles.